The number of carbonyl (C=O) groups excluding carboxylic acids is 1. The molecule has 0 spiro atoms. The molecule has 1 unspecified atom stereocenters. The maximum absolute atomic E-state index is 12.6. The van der Waals surface area contributed by atoms with Crippen LogP contribution in [0.25, 0.3) is 0 Å². The summed E-state index contributed by atoms with van der Waals surface area (Å²) < 4.78 is 27.8. The first kappa shape index (κ1) is 19.9. The summed E-state index contributed by atoms with van der Waals surface area (Å²) in [5.41, 5.74) is 0.529. The van der Waals surface area contributed by atoms with E-state index in [2.05, 4.69) is 15.4 Å². The number of anilines is 1. The van der Waals surface area contributed by atoms with Gasteiger partial charge in [-0.1, -0.05) is 6.07 Å². The van der Waals surface area contributed by atoms with E-state index in [1.165, 1.54) is 0 Å². The van der Waals surface area contributed by atoms with Crippen molar-refractivity contribution in [3.63, 3.8) is 0 Å². The maximum atomic E-state index is 12.6. The van der Waals surface area contributed by atoms with Crippen LogP contribution >= 0.6 is 0 Å². The zero-order valence-corrected chi connectivity index (χ0v) is 16.3. The van der Waals surface area contributed by atoms with Crippen molar-refractivity contribution in [2.24, 2.45) is 5.92 Å². The fourth-order valence-electron chi connectivity index (χ4n) is 3.01. The van der Waals surface area contributed by atoms with E-state index in [9.17, 15) is 13.2 Å². The normalized spacial score (nSPS) is 18.3. The predicted molar refractivity (Wildman–Crippen MR) is 100 cm³/mol. The molecular weight excluding hydrogens is 338 g/mol. The number of hydrogen-bond donors (Lipinski definition) is 3. The van der Waals surface area contributed by atoms with E-state index in [1.807, 2.05) is 0 Å². The third kappa shape index (κ3) is 5.80. The number of carbonyl (C=O) groups is 1. The van der Waals surface area contributed by atoms with Crippen molar-refractivity contribution in [3.05, 3.63) is 23.8 Å². The lowest BCUT2D eigenvalue weighted by atomic mass is 10.0. The second-order valence-electron chi connectivity index (χ2n) is 7.73. The first-order valence-electron chi connectivity index (χ1n) is 8.73. The Morgan fingerprint density at radius 2 is 2.04 bits per heavy atom. The molecule has 0 radical (unpaired) electrons. The minimum Gasteiger partial charge on any atom is -0.326 e. The van der Waals surface area contributed by atoms with Crippen LogP contribution in [-0.4, -0.2) is 33.0 Å². The van der Waals surface area contributed by atoms with Crippen molar-refractivity contribution < 1.29 is 13.2 Å². The highest BCUT2D eigenvalue weighted by molar-refractivity contribution is 7.89. The molecule has 1 heterocycles. The molecule has 140 valence electrons. The van der Waals surface area contributed by atoms with Crippen LogP contribution in [0.4, 0.5) is 5.69 Å². The van der Waals surface area contributed by atoms with E-state index in [0.29, 0.717) is 23.6 Å². The summed E-state index contributed by atoms with van der Waals surface area (Å²) in [5, 5.41) is 6.15. The number of benzene rings is 1. The van der Waals surface area contributed by atoms with Gasteiger partial charge in [-0.3, -0.25) is 4.79 Å². The van der Waals surface area contributed by atoms with E-state index in [0.717, 1.165) is 25.9 Å². The van der Waals surface area contributed by atoms with Crippen molar-refractivity contribution in [1.29, 1.82) is 0 Å². The van der Waals surface area contributed by atoms with Gasteiger partial charge in [0.2, 0.25) is 15.9 Å². The summed E-state index contributed by atoms with van der Waals surface area (Å²) in [6.07, 6.45) is 2.41. The van der Waals surface area contributed by atoms with E-state index in [4.69, 9.17) is 0 Å². The Hall–Kier alpha value is -1.44. The molecule has 0 aliphatic carbocycles. The Morgan fingerprint density at radius 1 is 1.32 bits per heavy atom. The van der Waals surface area contributed by atoms with Crippen LogP contribution in [0.15, 0.2) is 23.1 Å². The van der Waals surface area contributed by atoms with Crippen LogP contribution in [0.1, 0.15) is 45.6 Å². The molecule has 3 N–H and O–H groups in total. The monoisotopic (exact) mass is 367 g/mol. The standard InChI is InChI=1S/C18H29N3O3S/c1-13-15(20-17(22)9-8-14-10-11-19-12-14)6-5-7-16(13)25(23,24)21-18(2,3)4/h5-7,14,19,21H,8-12H2,1-4H3,(H,20,22). The number of hydrogen-bond acceptors (Lipinski definition) is 4. The van der Waals surface area contributed by atoms with Gasteiger partial charge in [0.1, 0.15) is 0 Å². The lowest BCUT2D eigenvalue weighted by Crippen LogP contribution is -2.40. The van der Waals surface area contributed by atoms with Gasteiger partial charge in [0.15, 0.2) is 0 Å². The molecule has 1 aromatic carbocycles. The Bertz CT molecular complexity index is 718. The lowest BCUT2D eigenvalue weighted by molar-refractivity contribution is -0.116. The SMILES string of the molecule is Cc1c(NC(=O)CCC2CCNC2)cccc1S(=O)(=O)NC(C)(C)C. The predicted octanol–water partition coefficient (Wildman–Crippen LogP) is 2.40. The van der Waals surface area contributed by atoms with Crippen LogP contribution in [0.3, 0.4) is 0 Å². The Kier molecular flexibility index (Phi) is 6.24. The molecule has 7 heteroatoms. The molecule has 6 nitrogen and oxygen atoms in total. The summed E-state index contributed by atoms with van der Waals surface area (Å²) in [4.78, 5) is 12.4. The average molecular weight is 368 g/mol. The summed E-state index contributed by atoms with van der Waals surface area (Å²) in [6, 6.07) is 4.95. The molecule has 0 saturated carbocycles. The van der Waals surface area contributed by atoms with E-state index >= 15 is 0 Å². The largest absolute Gasteiger partial charge is 0.326 e. The van der Waals surface area contributed by atoms with E-state index in [-0.39, 0.29) is 10.8 Å². The van der Waals surface area contributed by atoms with Crippen molar-refractivity contribution >= 4 is 21.6 Å². The molecule has 1 aliphatic heterocycles. The second-order valence-corrected chi connectivity index (χ2v) is 9.38. The molecule has 0 aromatic heterocycles. The molecule has 2 rings (SSSR count). The first-order valence-corrected chi connectivity index (χ1v) is 10.2. The second kappa shape index (κ2) is 7.85. The number of nitrogens with one attached hydrogen (secondary N) is 3. The highest BCUT2D eigenvalue weighted by atomic mass is 32.2. The van der Waals surface area contributed by atoms with Crippen molar-refractivity contribution in [3.8, 4) is 0 Å². The summed E-state index contributed by atoms with van der Waals surface area (Å²) in [5.74, 6) is 0.475. The molecule has 1 atom stereocenters. The topological polar surface area (TPSA) is 87.3 Å². The van der Waals surface area contributed by atoms with Crippen molar-refractivity contribution in [2.75, 3.05) is 18.4 Å². The van der Waals surface area contributed by atoms with Gasteiger partial charge in [0.25, 0.3) is 0 Å². The van der Waals surface area contributed by atoms with Crippen molar-refractivity contribution in [2.45, 2.75) is 57.4 Å². The third-order valence-corrected chi connectivity index (χ3v) is 6.13. The summed E-state index contributed by atoms with van der Waals surface area (Å²) >= 11 is 0. The first-order chi connectivity index (χ1) is 11.6. The molecule has 0 bridgehead atoms. The van der Waals surface area contributed by atoms with E-state index < -0.39 is 15.6 Å². The van der Waals surface area contributed by atoms with Crippen LogP contribution in [0.2, 0.25) is 0 Å². The molecular formula is C18H29N3O3S. The van der Waals surface area contributed by atoms with Crippen molar-refractivity contribution in [1.82, 2.24) is 10.0 Å². The Labute approximate surface area is 150 Å². The molecule has 1 aromatic rings. The van der Waals surface area contributed by atoms with Gasteiger partial charge in [0.05, 0.1) is 4.90 Å². The summed E-state index contributed by atoms with van der Waals surface area (Å²) in [6.45, 7) is 9.09. The van der Waals surface area contributed by atoms with Crippen LogP contribution in [0, 0.1) is 12.8 Å². The highest BCUT2D eigenvalue weighted by Crippen LogP contribution is 2.24. The van der Waals surface area contributed by atoms with Gasteiger partial charge in [-0.2, -0.15) is 0 Å². The van der Waals surface area contributed by atoms with Crippen LogP contribution in [-0.2, 0) is 14.8 Å². The Morgan fingerprint density at radius 3 is 2.64 bits per heavy atom. The maximum Gasteiger partial charge on any atom is 0.241 e. The zero-order valence-electron chi connectivity index (χ0n) is 15.5. The molecule has 25 heavy (non-hydrogen) atoms. The van der Waals surface area contributed by atoms with Crippen LogP contribution < -0.4 is 15.4 Å². The smallest absolute Gasteiger partial charge is 0.241 e. The quantitative estimate of drug-likeness (QED) is 0.720. The van der Waals surface area contributed by atoms with Gasteiger partial charge in [-0.25, -0.2) is 13.1 Å². The fraction of sp³-hybridized carbons (Fsp3) is 0.611. The van der Waals surface area contributed by atoms with Gasteiger partial charge in [0, 0.05) is 17.6 Å². The average Bonchev–Trinajstić information content (AvgIpc) is 2.98. The molecule has 1 saturated heterocycles. The lowest BCUT2D eigenvalue weighted by Gasteiger charge is -2.22. The van der Waals surface area contributed by atoms with Gasteiger partial charge < -0.3 is 10.6 Å². The number of sulfonamides is 1. The number of rotatable bonds is 6. The van der Waals surface area contributed by atoms with Gasteiger partial charge in [-0.05, 0) is 77.2 Å². The molecule has 1 amide bonds. The summed E-state index contributed by atoms with van der Waals surface area (Å²) in [7, 11) is -3.64. The molecule has 1 fully saturated rings. The Balaban J connectivity index is 2.08. The van der Waals surface area contributed by atoms with E-state index in [1.54, 1.807) is 45.9 Å². The fourth-order valence-corrected chi connectivity index (χ4v) is 4.69. The molecule has 1 aliphatic rings. The van der Waals surface area contributed by atoms with Crippen LogP contribution in [0.5, 0.6) is 0 Å². The zero-order chi connectivity index (χ0) is 18.7. The minimum absolute atomic E-state index is 0.0756. The third-order valence-electron chi connectivity index (χ3n) is 4.23. The number of amides is 1. The highest BCUT2D eigenvalue weighted by Gasteiger charge is 2.24. The van der Waals surface area contributed by atoms with Gasteiger partial charge in [-0.15, -0.1) is 0 Å². The minimum atomic E-state index is -3.64. The van der Waals surface area contributed by atoms with Gasteiger partial charge >= 0.3 is 0 Å².